The molecule has 3 aromatic rings. The normalized spacial score (nSPS) is 13.9. The minimum Gasteiger partial charge on any atom is -0.467 e. The summed E-state index contributed by atoms with van der Waals surface area (Å²) < 4.78 is 18.9. The van der Waals surface area contributed by atoms with Crippen molar-refractivity contribution >= 4 is 5.91 Å². The summed E-state index contributed by atoms with van der Waals surface area (Å²) in [7, 11) is 0. The molecular weight excluding hydrogens is 373 g/mol. The molecule has 0 spiro atoms. The molecule has 0 saturated carbocycles. The SMILES string of the molecule is Cc1cc(-c2nnn(CC(=O)N(Cc3ccco3)C3=CCCCC3)n2)ccc1F. The summed E-state index contributed by atoms with van der Waals surface area (Å²) in [5.41, 5.74) is 2.17. The van der Waals surface area contributed by atoms with Gasteiger partial charge in [0.05, 0.1) is 12.8 Å². The maximum Gasteiger partial charge on any atom is 0.250 e. The first-order valence-corrected chi connectivity index (χ1v) is 9.66. The summed E-state index contributed by atoms with van der Waals surface area (Å²) in [6.45, 7) is 2.01. The van der Waals surface area contributed by atoms with Gasteiger partial charge in [0.15, 0.2) is 0 Å². The Bertz CT molecular complexity index is 1030. The van der Waals surface area contributed by atoms with Crippen LogP contribution in [0, 0.1) is 12.7 Å². The van der Waals surface area contributed by atoms with E-state index in [-0.39, 0.29) is 18.3 Å². The molecule has 0 N–H and O–H groups in total. The van der Waals surface area contributed by atoms with Gasteiger partial charge in [-0.2, -0.15) is 4.80 Å². The molecule has 0 aliphatic heterocycles. The smallest absolute Gasteiger partial charge is 0.250 e. The van der Waals surface area contributed by atoms with Crippen LogP contribution in [-0.4, -0.2) is 31.0 Å². The van der Waals surface area contributed by atoms with Crippen LogP contribution >= 0.6 is 0 Å². The Balaban J connectivity index is 1.52. The van der Waals surface area contributed by atoms with Crippen LogP contribution in [0.15, 0.2) is 52.8 Å². The predicted octanol–water partition coefficient (Wildman–Crippen LogP) is 3.87. The summed E-state index contributed by atoms with van der Waals surface area (Å²) in [6, 6.07) is 8.29. The van der Waals surface area contributed by atoms with Crippen LogP contribution in [0.5, 0.6) is 0 Å². The Morgan fingerprint density at radius 1 is 1.31 bits per heavy atom. The number of carbonyl (C=O) groups is 1. The first kappa shape index (κ1) is 19.0. The van der Waals surface area contributed by atoms with Gasteiger partial charge in [-0.25, -0.2) is 4.39 Å². The molecule has 1 aliphatic rings. The van der Waals surface area contributed by atoms with E-state index in [1.165, 1.54) is 10.9 Å². The number of benzene rings is 1. The number of rotatable bonds is 6. The molecule has 1 amide bonds. The summed E-state index contributed by atoms with van der Waals surface area (Å²) in [5, 5.41) is 12.3. The van der Waals surface area contributed by atoms with E-state index in [1.54, 1.807) is 30.2 Å². The van der Waals surface area contributed by atoms with E-state index in [4.69, 9.17) is 4.42 Å². The Kier molecular flexibility index (Phi) is 5.50. The number of aryl methyl sites for hydroxylation is 1. The van der Waals surface area contributed by atoms with E-state index in [2.05, 4.69) is 21.5 Å². The molecule has 1 aliphatic carbocycles. The second kappa shape index (κ2) is 8.38. The predicted molar refractivity (Wildman–Crippen MR) is 104 cm³/mol. The van der Waals surface area contributed by atoms with Crippen molar-refractivity contribution in [3.63, 3.8) is 0 Å². The number of nitrogens with zero attached hydrogens (tertiary/aromatic N) is 5. The lowest BCUT2D eigenvalue weighted by atomic mass is 10.0. The molecule has 0 fully saturated rings. The number of aromatic nitrogens is 4. The molecular formula is C21H22FN5O2. The molecule has 29 heavy (non-hydrogen) atoms. The highest BCUT2D eigenvalue weighted by Crippen LogP contribution is 2.24. The van der Waals surface area contributed by atoms with Crippen LogP contribution in [0.3, 0.4) is 0 Å². The number of tetrazole rings is 1. The molecule has 7 nitrogen and oxygen atoms in total. The van der Waals surface area contributed by atoms with Gasteiger partial charge in [-0.1, -0.05) is 6.08 Å². The molecule has 0 bridgehead atoms. The number of hydrogen-bond donors (Lipinski definition) is 0. The summed E-state index contributed by atoms with van der Waals surface area (Å²) in [6.07, 6.45) is 7.74. The number of amides is 1. The first-order valence-electron chi connectivity index (χ1n) is 9.66. The van der Waals surface area contributed by atoms with E-state index in [0.29, 0.717) is 23.5 Å². The second-order valence-electron chi connectivity index (χ2n) is 7.11. The largest absolute Gasteiger partial charge is 0.467 e. The highest BCUT2D eigenvalue weighted by molar-refractivity contribution is 5.77. The van der Waals surface area contributed by atoms with Gasteiger partial charge in [-0.05, 0) is 73.7 Å². The lowest BCUT2D eigenvalue weighted by Gasteiger charge is -2.26. The quantitative estimate of drug-likeness (QED) is 0.633. The Morgan fingerprint density at radius 2 is 2.21 bits per heavy atom. The third-order valence-electron chi connectivity index (χ3n) is 4.95. The van der Waals surface area contributed by atoms with Gasteiger partial charge in [-0.15, -0.1) is 10.2 Å². The molecule has 4 rings (SSSR count). The van der Waals surface area contributed by atoms with Crippen molar-refractivity contribution in [2.24, 2.45) is 0 Å². The Hall–Kier alpha value is -3.29. The van der Waals surface area contributed by atoms with Crippen LogP contribution in [0.2, 0.25) is 0 Å². The third kappa shape index (κ3) is 4.42. The molecule has 2 aromatic heterocycles. The van der Waals surface area contributed by atoms with Gasteiger partial charge in [0.2, 0.25) is 5.82 Å². The number of allylic oxidation sites excluding steroid dienone is 2. The summed E-state index contributed by atoms with van der Waals surface area (Å²) in [4.78, 5) is 16.1. The zero-order valence-electron chi connectivity index (χ0n) is 16.2. The zero-order chi connectivity index (χ0) is 20.2. The molecule has 0 atom stereocenters. The van der Waals surface area contributed by atoms with Gasteiger partial charge < -0.3 is 9.32 Å². The topological polar surface area (TPSA) is 77.0 Å². The Morgan fingerprint density at radius 3 is 2.93 bits per heavy atom. The van der Waals surface area contributed by atoms with Crippen molar-refractivity contribution in [2.45, 2.75) is 45.7 Å². The van der Waals surface area contributed by atoms with Gasteiger partial charge in [0.1, 0.15) is 18.1 Å². The number of halogens is 1. The molecule has 2 heterocycles. The standard InChI is InChI=1S/C21H22FN5O2/c1-15-12-16(9-10-19(15)22)21-23-25-27(24-21)14-20(28)26(13-18-8-5-11-29-18)17-6-3-2-4-7-17/h5-6,8-12H,2-4,7,13-14H2,1H3. The molecule has 0 saturated heterocycles. The highest BCUT2D eigenvalue weighted by atomic mass is 19.1. The monoisotopic (exact) mass is 395 g/mol. The minimum absolute atomic E-state index is 0.0365. The van der Waals surface area contributed by atoms with Crippen molar-refractivity contribution in [2.75, 3.05) is 0 Å². The van der Waals surface area contributed by atoms with Gasteiger partial charge in [-0.3, -0.25) is 4.79 Å². The Labute approximate surface area is 167 Å². The third-order valence-corrected chi connectivity index (χ3v) is 4.95. The van der Waals surface area contributed by atoms with E-state index in [0.717, 1.165) is 37.1 Å². The van der Waals surface area contributed by atoms with Crippen molar-refractivity contribution < 1.29 is 13.6 Å². The lowest BCUT2D eigenvalue weighted by molar-refractivity contribution is -0.131. The fourth-order valence-corrected chi connectivity index (χ4v) is 3.39. The van der Waals surface area contributed by atoms with Gasteiger partial charge in [0, 0.05) is 11.3 Å². The van der Waals surface area contributed by atoms with Crippen LogP contribution in [0.4, 0.5) is 4.39 Å². The van der Waals surface area contributed by atoms with E-state index in [1.807, 2.05) is 12.1 Å². The maximum atomic E-state index is 13.5. The average molecular weight is 395 g/mol. The van der Waals surface area contributed by atoms with Crippen LogP contribution in [0.1, 0.15) is 37.0 Å². The minimum atomic E-state index is -0.286. The second-order valence-corrected chi connectivity index (χ2v) is 7.11. The van der Waals surface area contributed by atoms with Crippen molar-refractivity contribution in [1.82, 2.24) is 25.1 Å². The summed E-state index contributed by atoms with van der Waals surface area (Å²) in [5.74, 6) is 0.661. The van der Waals surface area contributed by atoms with E-state index in [9.17, 15) is 9.18 Å². The summed E-state index contributed by atoms with van der Waals surface area (Å²) >= 11 is 0. The number of furan rings is 1. The average Bonchev–Trinajstić information content (AvgIpc) is 3.41. The molecule has 1 aromatic carbocycles. The fourth-order valence-electron chi connectivity index (χ4n) is 3.39. The maximum absolute atomic E-state index is 13.5. The lowest BCUT2D eigenvalue weighted by Crippen LogP contribution is -2.34. The van der Waals surface area contributed by atoms with Gasteiger partial charge in [0.25, 0.3) is 5.91 Å². The van der Waals surface area contributed by atoms with Crippen molar-refractivity contribution in [1.29, 1.82) is 0 Å². The fraction of sp³-hybridized carbons (Fsp3) is 0.333. The van der Waals surface area contributed by atoms with Crippen molar-refractivity contribution in [3.8, 4) is 11.4 Å². The van der Waals surface area contributed by atoms with E-state index < -0.39 is 0 Å². The number of carbonyl (C=O) groups excluding carboxylic acids is 1. The molecule has 150 valence electrons. The molecule has 0 radical (unpaired) electrons. The zero-order valence-corrected chi connectivity index (χ0v) is 16.2. The molecule has 0 unspecified atom stereocenters. The number of hydrogen-bond acceptors (Lipinski definition) is 5. The van der Waals surface area contributed by atoms with Gasteiger partial charge >= 0.3 is 0 Å². The highest BCUT2D eigenvalue weighted by Gasteiger charge is 2.22. The van der Waals surface area contributed by atoms with Crippen LogP contribution < -0.4 is 0 Å². The van der Waals surface area contributed by atoms with Crippen molar-refractivity contribution in [3.05, 3.63) is 65.5 Å². The van der Waals surface area contributed by atoms with Crippen LogP contribution in [-0.2, 0) is 17.9 Å². The first-order chi connectivity index (χ1) is 14.1. The molecule has 8 heteroatoms. The van der Waals surface area contributed by atoms with Crippen LogP contribution in [0.25, 0.3) is 11.4 Å². The van der Waals surface area contributed by atoms with E-state index >= 15 is 0 Å².